The lowest BCUT2D eigenvalue weighted by atomic mass is 9.96. The lowest BCUT2D eigenvalue weighted by Crippen LogP contribution is -2.09. The second kappa shape index (κ2) is 5.89. The summed E-state index contributed by atoms with van der Waals surface area (Å²) in [6, 6.07) is 0. The summed E-state index contributed by atoms with van der Waals surface area (Å²) in [5.41, 5.74) is 3.46. The predicted molar refractivity (Wildman–Crippen MR) is 65.2 cm³/mol. The van der Waals surface area contributed by atoms with Gasteiger partial charge in [0.15, 0.2) is 6.29 Å². The Kier molecular flexibility index (Phi) is 4.51. The van der Waals surface area contributed by atoms with Crippen LogP contribution in [0.25, 0.3) is 0 Å². The maximum absolute atomic E-state index is 11.2. The van der Waals surface area contributed by atoms with Crippen molar-refractivity contribution in [3.8, 4) is 0 Å². The van der Waals surface area contributed by atoms with Gasteiger partial charge in [-0.15, -0.1) is 0 Å². The zero-order chi connectivity index (χ0) is 12.8. The fourth-order valence-electron chi connectivity index (χ4n) is 1.84. The van der Waals surface area contributed by atoms with Crippen LogP contribution in [0.2, 0.25) is 0 Å². The van der Waals surface area contributed by atoms with E-state index < -0.39 is 0 Å². The van der Waals surface area contributed by atoms with Gasteiger partial charge < -0.3 is 10.6 Å². The molecule has 1 aromatic heterocycles. The summed E-state index contributed by atoms with van der Waals surface area (Å²) in [5, 5.41) is 3.41. The molecule has 1 aromatic rings. The molecule has 0 spiro atoms. The van der Waals surface area contributed by atoms with Gasteiger partial charge in [-0.05, 0) is 25.0 Å². The van der Waals surface area contributed by atoms with Crippen molar-refractivity contribution in [3.05, 3.63) is 28.1 Å². The third-order valence-corrected chi connectivity index (χ3v) is 2.67. The van der Waals surface area contributed by atoms with Gasteiger partial charge in [0.05, 0.1) is 0 Å². The first-order valence-electron chi connectivity index (χ1n) is 5.25. The highest BCUT2D eigenvalue weighted by atomic mass is 16.1. The Morgan fingerprint density at radius 1 is 1.18 bits per heavy atom. The van der Waals surface area contributed by atoms with Crippen molar-refractivity contribution in [3.63, 3.8) is 0 Å². The van der Waals surface area contributed by atoms with Crippen LogP contribution in [-0.2, 0) is 17.6 Å². The zero-order valence-electron chi connectivity index (χ0n) is 9.93. The summed E-state index contributed by atoms with van der Waals surface area (Å²) in [5.74, 6) is 5.05. The minimum Gasteiger partial charge on any atom is -0.324 e. The molecule has 0 radical (unpaired) electrons. The van der Waals surface area contributed by atoms with Gasteiger partial charge in [-0.2, -0.15) is 5.10 Å². The summed E-state index contributed by atoms with van der Waals surface area (Å²) < 4.78 is 0. The average Bonchev–Trinajstić information content (AvgIpc) is 2.31. The van der Waals surface area contributed by atoms with Crippen molar-refractivity contribution in [2.45, 2.75) is 26.7 Å². The van der Waals surface area contributed by atoms with E-state index in [1.165, 1.54) is 6.21 Å². The Bertz CT molecular complexity index is 467. The Labute approximate surface area is 99.7 Å². The topological polar surface area (TPSA) is 85.4 Å². The quantitative estimate of drug-likeness (QED) is 0.352. The molecule has 0 unspecified atom stereocenters. The van der Waals surface area contributed by atoms with Crippen LogP contribution in [0.4, 0.5) is 0 Å². The molecule has 0 amide bonds. The second-order valence-corrected chi connectivity index (χ2v) is 3.68. The lowest BCUT2D eigenvalue weighted by molar-refractivity contribution is -0.107. The highest BCUT2D eigenvalue weighted by Gasteiger charge is 2.14. The Balaban J connectivity index is 3.40. The van der Waals surface area contributed by atoms with Crippen LogP contribution in [0, 0.1) is 13.8 Å². The van der Waals surface area contributed by atoms with E-state index in [9.17, 15) is 9.59 Å². The van der Waals surface area contributed by atoms with E-state index in [2.05, 4.69) is 10.1 Å². The fraction of sp³-hybridized carbons (Fsp3) is 0.333. The molecule has 90 valence electrons. The van der Waals surface area contributed by atoms with E-state index in [-0.39, 0.29) is 6.42 Å². The first kappa shape index (κ1) is 13.0. The minimum absolute atomic E-state index is 0.194. The molecule has 0 aliphatic heterocycles. The van der Waals surface area contributed by atoms with Gasteiger partial charge >= 0.3 is 0 Å². The summed E-state index contributed by atoms with van der Waals surface area (Å²) in [4.78, 5) is 26.1. The van der Waals surface area contributed by atoms with E-state index in [4.69, 9.17) is 5.84 Å². The van der Waals surface area contributed by atoms with Crippen LogP contribution in [0.5, 0.6) is 0 Å². The van der Waals surface area contributed by atoms with Gasteiger partial charge in [0.1, 0.15) is 6.29 Å². The van der Waals surface area contributed by atoms with Gasteiger partial charge in [0.2, 0.25) is 0 Å². The van der Waals surface area contributed by atoms with Gasteiger partial charge in [0, 0.05) is 36.0 Å². The molecule has 0 fully saturated rings. The third-order valence-electron chi connectivity index (χ3n) is 2.67. The molecule has 0 atom stereocenters. The first-order chi connectivity index (χ1) is 8.15. The van der Waals surface area contributed by atoms with Crippen LogP contribution in [0.3, 0.4) is 0 Å². The lowest BCUT2D eigenvalue weighted by Gasteiger charge is -2.12. The molecule has 0 bridgehead atoms. The van der Waals surface area contributed by atoms with Crippen molar-refractivity contribution in [2.24, 2.45) is 10.9 Å². The molecular formula is C12H15N3O2. The molecule has 0 saturated carbocycles. The van der Waals surface area contributed by atoms with Crippen LogP contribution in [0.1, 0.15) is 32.9 Å². The smallest absolute Gasteiger partial charge is 0.150 e. The van der Waals surface area contributed by atoms with E-state index in [0.717, 1.165) is 23.8 Å². The molecule has 1 rings (SSSR count). The number of pyridine rings is 1. The normalized spacial score (nSPS) is 10.7. The maximum Gasteiger partial charge on any atom is 0.150 e. The number of hydrogen-bond donors (Lipinski definition) is 1. The Morgan fingerprint density at radius 3 is 2.24 bits per heavy atom. The van der Waals surface area contributed by atoms with E-state index in [1.54, 1.807) is 6.92 Å². The standard InChI is InChI=1S/C12H15N3O2/c1-8-10(3-5-14-13)12(7-17)11(4-6-16)9(2)15-8/h5-7H,3-4,13H2,1-2H3. The first-order valence-corrected chi connectivity index (χ1v) is 5.25. The second-order valence-electron chi connectivity index (χ2n) is 3.68. The number of rotatable bonds is 5. The Hall–Kier alpha value is -2.04. The number of aryl methyl sites for hydroxylation is 2. The summed E-state index contributed by atoms with van der Waals surface area (Å²) in [6.45, 7) is 3.62. The van der Waals surface area contributed by atoms with Crippen molar-refractivity contribution >= 4 is 18.8 Å². The van der Waals surface area contributed by atoms with Gasteiger partial charge in [-0.3, -0.25) is 9.78 Å². The number of nitrogens with zero attached hydrogens (tertiary/aromatic N) is 2. The predicted octanol–water partition coefficient (Wildman–Crippen LogP) is 0.739. The van der Waals surface area contributed by atoms with Crippen molar-refractivity contribution in [1.29, 1.82) is 0 Å². The average molecular weight is 233 g/mol. The summed E-state index contributed by atoms with van der Waals surface area (Å²) >= 11 is 0. The van der Waals surface area contributed by atoms with Gasteiger partial charge in [-0.1, -0.05) is 0 Å². The van der Waals surface area contributed by atoms with Crippen molar-refractivity contribution < 1.29 is 9.59 Å². The summed E-state index contributed by atoms with van der Waals surface area (Å²) in [6.07, 6.45) is 3.68. The van der Waals surface area contributed by atoms with Crippen LogP contribution in [-0.4, -0.2) is 23.8 Å². The maximum atomic E-state index is 11.2. The molecule has 0 saturated heterocycles. The number of carbonyl (C=O) groups excluding carboxylic acids is 2. The van der Waals surface area contributed by atoms with Crippen molar-refractivity contribution in [2.75, 3.05) is 0 Å². The molecule has 1 heterocycles. The number of aldehydes is 2. The molecule has 2 N–H and O–H groups in total. The minimum atomic E-state index is 0.194. The number of nitrogens with two attached hydrogens (primary N) is 1. The molecule has 0 aliphatic rings. The number of carbonyl (C=O) groups is 2. The van der Waals surface area contributed by atoms with Gasteiger partial charge in [0.25, 0.3) is 0 Å². The van der Waals surface area contributed by atoms with Crippen LogP contribution >= 0.6 is 0 Å². The fourth-order valence-corrected chi connectivity index (χ4v) is 1.84. The van der Waals surface area contributed by atoms with Gasteiger partial charge in [-0.25, -0.2) is 0 Å². The molecule has 17 heavy (non-hydrogen) atoms. The molecular weight excluding hydrogens is 218 g/mol. The number of hydrazone groups is 1. The van der Waals surface area contributed by atoms with E-state index >= 15 is 0 Å². The largest absolute Gasteiger partial charge is 0.324 e. The molecule has 5 heteroatoms. The van der Waals surface area contributed by atoms with E-state index in [1.807, 2.05) is 6.92 Å². The highest BCUT2D eigenvalue weighted by Crippen LogP contribution is 2.19. The zero-order valence-corrected chi connectivity index (χ0v) is 9.93. The SMILES string of the molecule is Cc1nc(C)c(CC=NN)c(C=O)c1CC=O. The van der Waals surface area contributed by atoms with Crippen molar-refractivity contribution in [1.82, 2.24) is 4.98 Å². The summed E-state index contributed by atoms with van der Waals surface area (Å²) in [7, 11) is 0. The number of aromatic nitrogens is 1. The monoisotopic (exact) mass is 233 g/mol. The number of hydrogen-bond acceptors (Lipinski definition) is 5. The van der Waals surface area contributed by atoms with Crippen LogP contribution < -0.4 is 5.84 Å². The highest BCUT2D eigenvalue weighted by molar-refractivity contribution is 5.84. The van der Waals surface area contributed by atoms with E-state index in [0.29, 0.717) is 23.2 Å². The molecule has 5 nitrogen and oxygen atoms in total. The molecule has 0 aromatic carbocycles. The third kappa shape index (κ3) is 2.75. The Morgan fingerprint density at radius 2 is 1.76 bits per heavy atom. The van der Waals surface area contributed by atoms with Crippen LogP contribution in [0.15, 0.2) is 5.10 Å². The molecule has 0 aliphatic carbocycles.